The average Bonchev–Trinajstić information content (AvgIpc) is 2.25. The predicted molar refractivity (Wildman–Crippen MR) is 90.3 cm³/mol. The van der Waals surface area contributed by atoms with E-state index in [9.17, 15) is 0 Å². The van der Waals surface area contributed by atoms with Crippen molar-refractivity contribution in [3.63, 3.8) is 0 Å². The van der Waals surface area contributed by atoms with Crippen molar-refractivity contribution in [1.29, 1.82) is 0 Å². The van der Waals surface area contributed by atoms with Crippen molar-refractivity contribution in [2.24, 2.45) is 0 Å². The van der Waals surface area contributed by atoms with Gasteiger partial charge in [0.25, 0.3) is 0 Å². The van der Waals surface area contributed by atoms with Gasteiger partial charge in [-0.25, -0.2) is 0 Å². The topological polar surface area (TPSA) is 55.4 Å². The van der Waals surface area contributed by atoms with Crippen molar-refractivity contribution in [3.05, 3.63) is 0 Å². The molecule has 0 atom stereocenters. The molecule has 0 aliphatic rings. The van der Waals surface area contributed by atoms with Crippen LogP contribution in [0.1, 0.15) is 0 Å². The highest BCUT2D eigenvalue weighted by atomic mass is 28.5. The fourth-order valence-corrected chi connectivity index (χ4v) is 13.6. The van der Waals surface area contributed by atoms with E-state index in [4.69, 9.17) is 26.6 Å². The van der Waals surface area contributed by atoms with E-state index in [1.54, 1.807) is 14.2 Å². The Kier molecular flexibility index (Phi) is 9.71. The lowest BCUT2D eigenvalue weighted by atomic mass is 10.8. The molecule has 0 rings (SSSR count). The minimum atomic E-state index is -2.30. The summed E-state index contributed by atoms with van der Waals surface area (Å²) in [7, 11) is -3.42. The maximum atomic E-state index is 6.22. The number of hydrogen-bond donors (Lipinski definition) is 0. The van der Waals surface area contributed by atoms with Crippen LogP contribution in [0.15, 0.2) is 0 Å². The minimum Gasteiger partial charge on any atom is -0.415 e. The number of ether oxygens (including phenoxy) is 2. The van der Waals surface area contributed by atoms with Crippen LogP contribution in [0.25, 0.3) is 0 Å². The first-order chi connectivity index (χ1) is 9.54. The van der Waals surface area contributed by atoms with Crippen LogP contribution < -0.4 is 0 Å². The van der Waals surface area contributed by atoms with E-state index in [1.165, 1.54) is 0 Å². The molecule has 0 aromatic heterocycles. The van der Waals surface area contributed by atoms with E-state index in [1.807, 2.05) is 39.3 Å². The molecule has 0 bridgehead atoms. The second kappa shape index (κ2) is 9.53. The summed E-state index contributed by atoms with van der Waals surface area (Å²) >= 11 is 0. The van der Waals surface area contributed by atoms with Crippen LogP contribution >= 0.6 is 0 Å². The lowest BCUT2D eigenvalue weighted by molar-refractivity contribution is 0.119. The molecule has 0 aliphatic carbocycles. The predicted octanol–water partition coefficient (Wildman–Crippen LogP) is 2.45. The zero-order valence-electron chi connectivity index (χ0n) is 14.8. The Balaban J connectivity index is 4.38. The fraction of sp³-hybridized carbons (Fsp3) is 1.00. The molecule has 0 saturated carbocycles. The maximum Gasteiger partial charge on any atom is 0.323 e. The van der Waals surface area contributed by atoms with Crippen molar-refractivity contribution in [1.82, 2.24) is 0 Å². The minimum absolute atomic E-state index is 0.547. The van der Waals surface area contributed by atoms with Crippen molar-refractivity contribution >= 4 is 25.7 Å². The number of hydrogen-bond acceptors (Lipinski definition) is 6. The average molecular weight is 357 g/mol. The van der Waals surface area contributed by atoms with E-state index in [0.717, 1.165) is 0 Å². The van der Waals surface area contributed by atoms with Gasteiger partial charge in [-0.3, -0.25) is 0 Å². The molecule has 0 aromatic rings. The molecule has 0 aromatic carbocycles. The van der Waals surface area contributed by atoms with E-state index < -0.39 is 25.7 Å². The van der Waals surface area contributed by atoms with Gasteiger partial charge >= 0.3 is 25.7 Å². The third-order valence-electron chi connectivity index (χ3n) is 2.46. The zero-order valence-corrected chi connectivity index (χ0v) is 17.8. The Morgan fingerprint density at radius 1 is 0.524 bits per heavy atom. The smallest absolute Gasteiger partial charge is 0.323 e. The summed E-state index contributed by atoms with van der Waals surface area (Å²) in [5, 5.41) is 0. The van der Waals surface area contributed by atoms with Gasteiger partial charge < -0.3 is 26.6 Å². The Bertz CT molecular complexity index is 260. The van der Waals surface area contributed by atoms with Crippen LogP contribution in [-0.2, 0) is 26.6 Å². The maximum absolute atomic E-state index is 6.22. The molecule has 6 nitrogen and oxygen atoms in total. The molecule has 0 radical (unpaired) electrons. The Morgan fingerprint density at radius 3 is 1.14 bits per heavy atom. The molecule has 0 N–H and O–H groups in total. The van der Waals surface area contributed by atoms with E-state index in [0.29, 0.717) is 26.4 Å². The van der Waals surface area contributed by atoms with Gasteiger partial charge in [0, 0.05) is 14.2 Å². The second-order valence-electron chi connectivity index (χ2n) is 6.09. The van der Waals surface area contributed by atoms with Gasteiger partial charge in [-0.2, -0.15) is 0 Å². The molecular weight excluding hydrogens is 324 g/mol. The summed E-state index contributed by atoms with van der Waals surface area (Å²) in [4.78, 5) is 0. The SMILES string of the molecule is COCCO[Si](C)(C)O[Si](C)(C)O[Si](C)(C)OCCOC. The summed E-state index contributed by atoms with van der Waals surface area (Å²) in [5.74, 6) is 0. The van der Waals surface area contributed by atoms with Crippen LogP contribution in [-0.4, -0.2) is 66.3 Å². The Hall–Kier alpha value is 0.411. The van der Waals surface area contributed by atoms with E-state index in [2.05, 4.69) is 0 Å². The summed E-state index contributed by atoms with van der Waals surface area (Å²) in [6.07, 6.45) is 0. The summed E-state index contributed by atoms with van der Waals surface area (Å²) < 4.78 is 34.1. The van der Waals surface area contributed by atoms with E-state index >= 15 is 0 Å². The highest BCUT2D eigenvalue weighted by molar-refractivity contribution is 6.84. The molecule has 0 saturated heterocycles. The molecular formula is C12H32O6Si3. The zero-order chi connectivity index (χ0) is 16.6. The van der Waals surface area contributed by atoms with Gasteiger partial charge in [0.05, 0.1) is 26.4 Å². The lowest BCUT2D eigenvalue weighted by Crippen LogP contribution is -2.54. The monoisotopic (exact) mass is 356 g/mol. The Labute approximate surface area is 132 Å². The number of rotatable bonds is 12. The van der Waals surface area contributed by atoms with Gasteiger partial charge in [0.15, 0.2) is 0 Å². The molecule has 0 spiro atoms. The van der Waals surface area contributed by atoms with Gasteiger partial charge in [-0.1, -0.05) is 0 Å². The fourth-order valence-electron chi connectivity index (χ4n) is 2.01. The highest BCUT2D eigenvalue weighted by Gasteiger charge is 2.41. The van der Waals surface area contributed by atoms with Gasteiger partial charge in [-0.15, -0.1) is 0 Å². The first kappa shape index (κ1) is 21.4. The highest BCUT2D eigenvalue weighted by Crippen LogP contribution is 2.21. The van der Waals surface area contributed by atoms with Gasteiger partial charge in [0.1, 0.15) is 0 Å². The van der Waals surface area contributed by atoms with Crippen LogP contribution in [0.3, 0.4) is 0 Å². The summed E-state index contributed by atoms with van der Waals surface area (Å²) in [5.41, 5.74) is 0. The standard InChI is InChI=1S/C12H32O6Si3/c1-13-9-11-15-19(3,4)17-21(7,8)18-20(5,6)16-12-10-14-2/h9-12H2,1-8H3. The molecule has 128 valence electrons. The lowest BCUT2D eigenvalue weighted by Gasteiger charge is -2.37. The van der Waals surface area contributed by atoms with Crippen LogP contribution in [0, 0.1) is 0 Å². The first-order valence-corrected chi connectivity index (χ1v) is 15.6. The molecule has 0 amide bonds. The number of methoxy groups -OCH3 is 2. The molecule has 0 aliphatic heterocycles. The van der Waals surface area contributed by atoms with Crippen LogP contribution in [0.5, 0.6) is 0 Å². The molecule has 0 fully saturated rings. The molecule has 0 unspecified atom stereocenters. The van der Waals surface area contributed by atoms with Gasteiger partial charge in [-0.05, 0) is 39.3 Å². The van der Waals surface area contributed by atoms with Crippen molar-refractivity contribution in [3.8, 4) is 0 Å². The normalized spacial score (nSPS) is 13.7. The van der Waals surface area contributed by atoms with Gasteiger partial charge in [0.2, 0.25) is 0 Å². The quantitative estimate of drug-likeness (QED) is 0.395. The molecule has 21 heavy (non-hydrogen) atoms. The first-order valence-electron chi connectivity index (χ1n) is 7.20. The third kappa shape index (κ3) is 11.6. The molecule has 0 heterocycles. The summed E-state index contributed by atoms with van der Waals surface area (Å²) in [6.45, 7) is 14.4. The largest absolute Gasteiger partial charge is 0.415 e. The van der Waals surface area contributed by atoms with Crippen LogP contribution in [0.2, 0.25) is 39.3 Å². The Morgan fingerprint density at radius 2 is 0.857 bits per heavy atom. The summed E-state index contributed by atoms with van der Waals surface area (Å²) in [6, 6.07) is 0. The third-order valence-corrected chi connectivity index (χ3v) is 12.1. The van der Waals surface area contributed by atoms with Crippen LogP contribution in [0.4, 0.5) is 0 Å². The molecule has 9 heteroatoms. The van der Waals surface area contributed by atoms with Crippen molar-refractivity contribution < 1.29 is 26.6 Å². The van der Waals surface area contributed by atoms with E-state index in [-0.39, 0.29) is 0 Å². The van der Waals surface area contributed by atoms with Crippen molar-refractivity contribution in [2.45, 2.75) is 39.3 Å². The second-order valence-corrected chi connectivity index (χ2v) is 16.7. The van der Waals surface area contributed by atoms with Crippen molar-refractivity contribution in [2.75, 3.05) is 40.6 Å².